The Morgan fingerprint density at radius 3 is 2.69 bits per heavy atom. The maximum absolute atomic E-state index is 5.59. The lowest BCUT2D eigenvalue weighted by atomic mass is 10.1. The van der Waals surface area contributed by atoms with Crippen LogP contribution in [0.3, 0.4) is 0 Å². The molecule has 0 spiro atoms. The highest BCUT2D eigenvalue weighted by Crippen LogP contribution is 2.29. The third-order valence-corrected chi connectivity index (χ3v) is 3.89. The van der Waals surface area contributed by atoms with E-state index in [9.17, 15) is 0 Å². The van der Waals surface area contributed by atoms with Crippen molar-refractivity contribution in [2.45, 2.75) is 20.3 Å². The standard InChI is InChI=1S/C13H16N2S/c1-9-5-3-4-6-11(9)13-15-10(2)12(16-13)7-8-14/h3-6H,7-8,14H2,1-2H3. The quantitative estimate of drug-likeness (QED) is 0.883. The molecule has 2 N–H and O–H groups in total. The number of thiazole rings is 1. The van der Waals surface area contributed by atoms with Gasteiger partial charge in [0.05, 0.1) is 5.69 Å². The molecule has 0 amide bonds. The third kappa shape index (κ3) is 2.15. The van der Waals surface area contributed by atoms with Gasteiger partial charge in [0.25, 0.3) is 0 Å². The highest BCUT2D eigenvalue weighted by Gasteiger charge is 2.09. The van der Waals surface area contributed by atoms with Gasteiger partial charge in [0.15, 0.2) is 0 Å². The van der Waals surface area contributed by atoms with Crippen LogP contribution in [0.2, 0.25) is 0 Å². The molecule has 0 unspecified atom stereocenters. The second-order valence-corrected chi connectivity index (χ2v) is 4.96. The van der Waals surface area contributed by atoms with Gasteiger partial charge in [-0.1, -0.05) is 24.3 Å². The number of aryl methyl sites for hydroxylation is 2. The van der Waals surface area contributed by atoms with E-state index < -0.39 is 0 Å². The molecule has 0 atom stereocenters. The van der Waals surface area contributed by atoms with Crippen LogP contribution < -0.4 is 5.73 Å². The Kier molecular flexibility index (Phi) is 3.36. The number of benzene rings is 1. The van der Waals surface area contributed by atoms with Crippen LogP contribution in [-0.4, -0.2) is 11.5 Å². The maximum atomic E-state index is 5.59. The molecule has 0 saturated heterocycles. The van der Waals surface area contributed by atoms with Gasteiger partial charge < -0.3 is 5.73 Å². The summed E-state index contributed by atoms with van der Waals surface area (Å²) in [6, 6.07) is 8.36. The molecule has 0 aliphatic heterocycles. The van der Waals surface area contributed by atoms with Crippen molar-refractivity contribution in [2.75, 3.05) is 6.54 Å². The predicted molar refractivity (Wildman–Crippen MR) is 69.8 cm³/mol. The van der Waals surface area contributed by atoms with E-state index >= 15 is 0 Å². The summed E-state index contributed by atoms with van der Waals surface area (Å²) in [5.74, 6) is 0. The molecule has 2 nitrogen and oxygen atoms in total. The summed E-state index contributed by atoms with van der Waals surface area (Å²) < 4.78 is 0. The van der Waals surface area contributed by atoms with Gasteiger partial charge >= 0.3 is 0 Å². The number of hydrogen-bond acceptors (Lipinski definition) is 3. The second-order valence-electron chi connectivity index (χ2n) is 3.88. The summed E-state index contributed by atoms with van der Waals surface area (Å²) in [5, 5.41) is 1.11. The molecular formula is C13H16N2S. The summed E-state index contributed by atoms with van der Waals surface area (Å²) in [5.41, 5.74) is 9.21. The topological polar surface area (TPSA) is 38.9 Å². The highest BCUT2D eigenvalue weighted by atomic mass is 32.1. The number of nitrogens with zero attached hydrogens (tertiary/aromatic N) is 1. The van der Waals surface area contributed by atoms with Crippen molar-refractivity contribution in [3.63, 3.8) is 0 Å². The van der Waals surface area contributed by atoms with Crippen LogP contribution >= 0.6 is 11.3 Å². The Labute approximate surface area is 100 Å². The van der Waals surface area contributed by atoms with E-state index in [2.05, 4.69) is 43.1 Å². The zero-order valence-corrected chi connectivity index (χ0v) is 10.5. The van der Waals surface area contributed by atoms with Crippen molar-refractivity contribution in [2.24, 2.45) is 5.73 Å². The maximum Gasteiger partial charge on any atom is 0.124 e. The monoisotopic (exact) mass is 232 g/mol. The minimum absolute atomic E-state index is 0.691. The minimum Gasteiger partial charge on any atom is -0.330 e. The van der Waals surface area contributed by atoms with E-state index in [-0.39, 0.29) is 0 Å². The number of aromatic nitrogens is 1. The Morgan fingerprint density at radius 1 is 1.25 bits per heavy atom. The highest BCUT2D eigenvalue weighted by molar-refractivity contribution is 7.15. The molecule has 1 aromatic heterocycles. The first-order valence-corrected chi connectivity index (χ1v) is 6.26. The van der Waals surface area contributed by atoms with Crippen LogP contribution in [0.5, 0.6) is 0 Å². The first-order chi connectivity index (χ1) is 7.72. The first kappa shape index (κ1) is 11.3. The summed E-state index contributed by atoms with van der Waals surface area (Å²) in [6.07, 6.45) is 0.926. The number of nitrogens with two attached hydrogens (primary N) is 1. The van der Waals surface area contributed by atoms with E-state index in [1.165, 1.54) is 16.0 Å². The third-order valence-electron chi connectivity index (χ3n) is 2.64. The lowest BCUT2D eigenvalue weighted by molar-refractivity contribution is 0.970. The van der Waals surface area contributed by atoms with E-state index in [0.717, 1.165) is 17.1 Å². The second kappa shape index (κ2) is 4.76. The molecule has 1 aromatic carbocycles. The van der Waals surface area contributed by atoms with Crippen LogP contribution in [0, 0.1) is 13.8 Å². The molecule has 0 aliphatic rings. The van der Waals surface area contributed by atoms with Gasteiger partial charge in [-0.05, 0) is 32.4 Å². The molecule has 0 fully saturated rings. The molecule has 1 heterocycles. The Hall–Kier alpha value is -1.19. The van der Waals surface area contributed by atoms with Crippen molar-refractivity contribution >= 4 is 11.3 Å². The van der Waals surface area contributed by atoms with Gasteiger partial charge in [-0.25, -0.2) is 4.98 Å². The Balaban J connectivity index is 2.42. The van der Waals surface area contributed by atoms with Crippen molar-refractivity contribution < 1.29 is 0 Å². The molecule has 0 radical (unpaired) electrons. The Morgan fingerprint density at radius 2 is 2.00 bits per heavy atom. The fourth-order valence-corrected chi connectivity index (χ4v) is 2.89. The fraction of sp³-hybridized carbons (Fsp3) is 0.308. The molecule has 0 saturated carbocycles. The summed E-state index contributed by atoms with van der Waals surface area (Å²) in [7, 11) is 0. The van der Waals surface area contributed by atoms with Crippen molar-refractivity contribution in [3.8, 4) is 10.6 Å². The zero-order valence-electron chi connectivity index (χ0n) is 9.66. The van der Waals surface area contributed by atoms with E-state index in [1.54, 1.807) is 11.3 Å². The van der Waals surface area contributed by atoms with Gasteiger partial charge in [-0.3, -0.25) is 0 Å². The number of hydrogen-bond donors (Lipinski definition) is 1. The summed E-state index contributed by atoms with van der Waals surface area (Å²) in [4.78, 5) is 5.93. The first-order valence-electron chi connectivity index (χ1n) is 5.44. The SMILES string of the molecule is Cc1ccccc1-c1nc(C)c(CCN)s1. The van der Waals surface area contributed by atoms with Gasteiger partial charge in [0.1, 0.15) is 5.01 Å². The average Bonchev–Trinajstić information content (AvgIpc) is 2.61. The molecule has 16 heavy (non-hydrogen) atoms. The summed E-state index contributed by atoms with van der Waals surface area (Å²) in [6.45, 7) is 4.87. The van der Waals surface area contributed by atoms with Crippen LogP contribution in [0.4, 0.5) is 0 Å². The molecule has 2 aromatic rings. The fourth-order valence-electron chi connectivity index (χ4n) is 1.72. The predicted octanol–water partition coefficient (Wildman–Crippen LogP) is 2.93. The molecule has 0 aliphatic carbocycles. The van der Waals surface area contributed by atoms with E-state index in [1.807, 2.05) is 0 Å². The van der Waals surface area contributed by atoms with Crippen molar-refractivity contribution in [1.82, 2.24) is 4.98 Å². The summed E-state index contributed by atoms with van der Waals surface area (Å²) >= 11 is 1.76. The lowest BCUT2D eigenvalue weighted by Gasteiger charge is -1.99. The van der Waals surface area contributed by atoms with Gasteiger partial charge in [-0.15, -0.1) is 11.3 Å². The smallest absolute Gasteiger partial charge is 0.124 e. The molecular weight excluding hydrogens is 216 g/mol. The van der Waals surface area contributed by atoms with Gasteiger partial charge in [0, 0.05) is 10.4 Å². The molecule has 2 rings (SSSR count). The van der Waals surface area contributed by atoms with Crippen LogP contribution in [-0.2, 0) is 6.42 Å². The van der Waals surface area contributed by atoms with E-state index in [4.69, 9.17) is 5.73 Å². The van der Waals surface area contributed by atoms with Crippen molar-refractivity contribution in [3.05, 3.63) is 40.4 Å². The molecule has 0 bridgehead atoms. The Bertz CT molecular complexity index is 488. The average molecular weight is 232 g/mol. The zero-order chi connectivity index (χ0) is 11.5. The van der Waals surface area contributed by atoms with Crippen LogP contribution in [0.15, 0.2) is 24.3 Å². The lowest BCUT2D eigenvalue weighted by Crippen LogP contribution is -2.01. The normalized spacial score (nSPS) is 10.7. The minimum atomic E-state index is 0.691. The van der Waals surface area contributed by atoms with Gasteiger partial charge in [0.2, 0.25) is 0 Å². The molecule has 84 valence electrons. The number of rotatable bonds is 3. The van der Waals surface area contributed by atoms with Crippen LogP contribution in [0.1, 0.15) is 16.1 Å². The van der Waals surface area contributed by atoms with Crippen molar-refractivity contribution in [1.29, 1.82) is 0 Å². The van der Waals surface area contributed by atoms with Crippen LogP contribution in [0.25, 0.3) is 10.6 Å². The van der Waals surface area contributed by atoms with Gasteiger partial charge in [-0.2, -0.15) is 0 Å². The van der Waals surface area contributed by atoms with E-state index in [0.29, 0.717) is 6.54 Å². The molecule has 3 heteroatoms. The largest absolute Gasteiger partial charge is 0.330 e.